The zero-order valence-corrected chi connectivity index (χ0v) is 85.4. The SMILES string of the molecule is CCCc1c(-c2cccc3c2N[C@H](C)CC(=O)C3)n(C)c2ccccc12.CC[C@@H](NC(=O)c1cccc2c1N[C@H](C)CC(=O)N2)c1ccccc1.C[C@@H]1CC(=O)Nc2cccc(/C=C/C3CCCCC3)c2N1.C[C@@H]1CC(=O)Nc2cccc(C(=O)N[C@@H]3CCOc4ccccc43)c2N1.Cc1c(-c2cccc3c2N[C@H](C)CC(=O)C3)n(C)c2ccccc12.Cc1c(-c2cccc3c2N[C@H](C)CC(=O)N3)cnn1C(C)C. The quantitative estimate of drug-likeness (QED) is 0.0481. The standard InChI is InChI=1S/C23H26N2O.C21H22N2O.C20H21N3O3.C20H23N3O2.C18H24N2O.C17H22N4O/c1-4-8-19-18-10-5-6-12-21(18)25(3)23(19)20-11-7-9-16-14-17(26)13-15(2)24-22(16)20;1-13-11-16(24)12-15-7-6-9-18(20(15)22-13)21-14(2)17-8-4-5-10-19(17)23(21)3;1-12-11-18(24)22-16-7-4-6-14(19(16)21-12)20(25)23-15-9-10-26-17-8-3-2-5-13(15)17;1-3-16(14-8-5-4-6-9-14)23-20(25)15-10-7-11-17-19(15)21-13(2)12-18(24)22-17;1-13-12-17(21)20-16-9-5-8-15(18(16)19-13)11-10-14-6-3-2-4-7-14;1-10(2)21-12(4)14(9-18-21)13-6-5-7-15-17(13)19-11(3)8-16(22)20-15/h5-7,9-12,15,24H,4,8,13-14H2,1-3H3;4-10,13,22H,11-12H2,1-3H3;2-8,12,15,21H,9-11H2,1H3,(H,22,24)(H,23,25);4-11,13,16,21H,3,12H2,1-2H3,(H,22,24)(H,23,25);5,8-11,13-14,19H,2-4,6-7,12H2,1H3,(H,20,21);5-7,9-11,19H,8H2,1-4H3,(H,20,22)/b;;;;11-10+;/t15-;13-;12-,15-;13-,16-;13-;11-/m111111/s1. The van der Waals surface area contributed by atoms with E-state index >= 15 is 0 Å². The molecule has 0 saturated heterocycles. The minimum Gasteiger partial charge on any atom is -0.493 e. The second-order valence-electron chi connectivity index (χ2n) is 39.9. The molecule has 6 amide bonds. The van der Waals surface area contributed by atoms with Crippen LogP contribution in [-0.2, 0) is 62.1 Å². The molecule has 0 radical (unpaired) electrons. The Bertz CT molecular complexity index is 6900. The van der Waals surface area contributed by atoms with Crippen LogP contribution in [0.15, 0.2) is 225 Å². The monoisotopic (exact) mass is 1940 g/mol. The van der Waals surface area contributed by atoms with Crippen LogP contribution in [0.1, 0.15) is 243 Å². The molecule has 7 aliphatic heterocycles. The first-order valence-corrected chi connectivity index (χ1v) is 51.3. The number of ether oxygens (including phenoxy) is 1. The molecule has 144 heavy (non-hydrogen) atoms. The van der Waals surface area contributed by atoms with E-state index in [9.17, 15) is 38.4 Å². The molecule has 1 aliphatic carbocycles. The Balaban J connectivity index is 0.000000124. The molecular formula is C119H138N16O9. The van der Waals surface area contributed by atoms with Crippen molar-refractivity contribution in [3.8, 4) is 39.4 Å². The summed E-state index contributed by atoms with van der Waals surface area (Å²) in [7, 11) is 4.27. The fraction of sp³-hybridized carbons (Fsp3) is 0.353. The van der Waals surface area contributed by atoms with E-state index in [1.54, 1.807) is 30.3 Å². The summed E-state index contributed by atoms with van der Waals surface area (Å²) in [4.78, 5) is 97.8. The van der Waals surface area contributed by atoms with Gasteiger partial charge in [0, 0.05) is 181 Å². The van der Waals surface area contributed by atoms with E-state index in [1.165, 1.54) is 93.1 Å². The molecule has 8 aliphatic rings. The highest BCUT2D eigenvalue weighted by molar-refractivity contribution is 6.09. The number of benzene rings is 10. The average molecular weight is 1940 g/mol. The summed E-state index contributed by atoms with van der Waals surface area (Å²) in [5, 5.41) is 45.8. The number of aryl methyl sites for hydroxylation is 4. The Kier molecular flexibility index (Phi) is 32.8. The summed E-state index contributed by atoms with van der Waals surface area (Å²) in [6.07, 6.45) is 20.8. The lowest BCUT2D eigenvalue weighted by molar-refractivity contribution is -0.119. The van der Waals surface area contributed by atoms with Gasteiger partial charge in [-0.2, -0.15) is 5.10 Å². The molecule has 748 valence electrons. The summed E-state index contributed by atoms with van der Waals surface area (Å²) in [6.45, 7) is 25.5. The summed E-state index contributed by atoms with van der Waals surface area (Å²) >= 11 is 0. The first-order chi connectivity index (χ1) is 69.5. The van der Waals surface area contributed by atoms with Gasteiger partial charge in [0.15, 0.2) is 0 Å². The van der Waals surface area contributed by atoms with Crippen LogP contribution in [0.2, 0.25) is 0 Å². The Morgan fingerprint density at radius 3 is 1.47 bits per heavy atom. The number of aromatic nitrogens is 4. The number of para-hydroxylation sites is 9. The minimum atomic E-state index is -0.167. The van der Waals surface area contributed by atoms with Crippen LogP contribution in [0.25, 0.3) is 61.5 Å². The van der Waals surface area contributed by atoms with Crippen molar-refractivity contribution in [2.24, 2.45) is 20.0 Å². The minimum absolute atomic E-state index is 0.0358. The number of anilines is 10. The number of nitrogens with zero attached hydrogens (tertiary/aromatic N) is 4. The van der Waals surface area contributed by atoms with Crippen LogP contribution < -0.4 is 68.5 Å². The molecule has 0 spiro atoms. The largest absolute Gasteiger partial charge is 0.493 e. The fourth-order valence-electron chi connectivity index (χ4n) is 21.3. The third-order valence-corrected chi connectivity index (χ3v) is 28.1. The van der Waals surface area contributed by atoms with Gasteiger partial charge in [0.1, 0.15) is 17.3 Å². The van der Waals surface area contributed by atoms with Crippen molar-refractivity contribution in [2.75, 3.05) is 59.8 Å². The van der Waals surface area contributed by atoms with Gasteiger partial charge in [0.05, 0.1) is 92.9 Å². The topological polar surface area (TPSA) is 318 Å². The van der Waals surface area contributed by atoms with Gasteiger partial charge in [-0.05, 0) is 189 Å². The molecule has 12 N–H and O–H groups in total. The fourth-order valence-corrected chi connectivity index (χ4v) is 21.3. The second-order valence-corrected chi connectivity index (χ2v) is 39.9. The third kappa shape index (κ3) is 23.8. The van der Waals surface area contributed by atoms with E-state index in [2.05, 4.69) is 257 Å². The smallest absolute Gasteiger partial charge is 0.253 e. The van der Waals surface area contributed by atoms with Crippen molar-refractivity contribution in [1.29, 1.82) is 0 Å². The highest BCUT2D eigenvalue weighted by Crippen LogP contribution is 2.46. The molecular weight excluding hydrogens is 1800 g/mol. The molecule has 8 atom stereocenters. The van der Waals surface area contributed by atoms with Gasteiger partial charge in [-0.1, -0.05) is 209 Å². The van der Waals surface area contributed by atoms with Crippen molar-refractivity contribution < 1.29 is 43.1 Å². The first kappa shape index (κ1) is 102. The molecule has 0 bridgehead atoms. The number of amides is 6. The van der Waals surface area contributed by atoms with Gasteiger partial charge in [0.25, 0.3) is 11.8 Å². The van der Waals surface area contributed by atoms with Gasteiger partial charge in [-0.25, -0.2) is 0 Å². The number of ketones is 2. The number of allylic oxidation sites excluding steroid dienone is 1. The molecule has 10 heterocycles. The van der Waals surface area contributed by atoms with Gasteiger partial charge in [-0.15, -0.1) is 0 Å². The van der Waals surface area contributed by atoms with Crippen molar-refractivity contribution in [3.63, 3.8) is 0 Å². The van der Waals surface area contributed by atoms with E-state index in [0.717, 1.165) is 105 Å². The maximum absolute atomic E-state index is 13.0. The van der Waals surface area contributed by atoms with Crippen LogP contribution in [0.4, 0.5) is 56.9 Å². The highest BCUT2D eigenvalue weighted by atomic mass is 16.5. The van der Waals surface area contributed by atoms with Gasteiger partial charge >= 0.3 is 0 Å². The average Bonchev–Trinajstić information content (AvgIpc) is 1.55. The maximum Gasteiger partial charge on any atom is 0.253 e. The molecule has 3 aromatic heterocycles. The molecule has 1 fully saturated rings. The number of hydrogen-bond acceptors (Lipinski definition) is 16. The van der Waals surface area contributed by atoms with E-state index in [-0.39, 0.29) is 83.8 Å². The summed E-state index contributed by atoms with van der Waals surface area (Å²) in [5.41, 5.74) is 28.6. The van der Waals surface area contributed by atoms with Crippen molar-refractivity contribution in [2.45, 2.75) is 247 Å². The van der Waals surface area contributed by atoms with E-state index in [0.29, 0.717) is 115 Å². The maximum atomic E-state index is 13.0. The summed E-state index contributed by atoms with van der Waals surface area (Å²) in [6, 6.07) is 71.0. The van der Waals surface area contributed by atoms with E-state index < -0.39 is 0 Å². The predicted octanol–water partition coefficient (Wildman–Crippen LogP) is 24.4. The molecule has 13 aromatic rings. The van der Waals surface area contributed by atoms with Crippen LogP contribution in [0.3, 0.4) is 0 Å². The lowest BCUT2D eigenvalue weighted by Crippen LogP contribution is -2.32. The lowest BCUT2D eigenvalue weighted by atomic mass is 9.88. The highest BCUT2D eigenvalue weighted by Gasteiger charge is 2.33. The van der Waals surface area contributed by atoms with Crippen LogP contribution in [0.5, 0.6) is 5.75 Å². The Morgan fingerprint density at radius 1 is 0.458 bits per heavy atom. The third-order valence-electron chi connectivity index (χ3n) is 28.1. The van der Waals surface area contributed by atoms with E-state index in [4.69, 9.17) is 4.74 Å². The number of rotatable bonds is 14. The second kappa shape index (κ2) is 46.4. The number of fused-ring (bicyclic) bond motifs is 9. The summed E-state index contributed by atoms with van der Waals surface area (Å²) in [5.74, 6) is 1.86. The van der Waals surface area contributed by atoms with Crippen molar-refractivity contribution >= 4 is 132 Å². The zero-order valence-electron chi connectivity index (χ0n) is 85.4. The number of nitrogens with one attached hydrogen (secondary N) is 12. The number of hydrogen-bond donors (Lipinski definition) is 12. The van der Waals surface area contributed by atoms with Crippen LogP contribution in [-0.4, -0.2) is 109 Å². The van der Waals surface area contributed by atoms with Gasteiger partial charge in [-0.3, -0.25) is 43.0 Å². The Hall–Kier alpha value is -15.0. The number of carbonyl (C=O) groups excluding carboxylic acids is 8. The Labute approximate surface area is 845 Å². The van der Waals surface area contributed by atoms with Crippen LogP contribution >= 0.6 is 0 Å². The van der Waals surface area contributed by atoms with Gasteiger partial charge in [0.2, 0.25) is 23.6 Å². The zero-order chi connectivity index (χ0) is 102. The summed E-state index contributed by atoms with van der Waals surface area (Å²) < 4.78 is 12.3. The molecule has 1 saturated carbocycles. The molecule has 0 unspecified atom stereocenters. The molecule has 21 rings (SSSR count). The first-order valence-electron chi connectivity index (χ1n) is 51.3. The lowest BCUT2D eigenvalue weighted by Gasteiger charge is -2.27. The normalized spacial score (nSPS) is 19.0. The number of Topliss-reactive ketones (excluding diaryl/α,β-unsaturated/α-hetero) is 2. The van der Waals surface area contributed by atoms with Crippen LogP contribution in [0, 0.1) is 19.8 Å². The Morgan fingerprint density at radius 2 is 0.917 bits per heavy atom. The van der Waals surface area contributed by atoms with Crippen molar-refractivity contribution in [1.82, 2.24) is 29.5 Å². The number of carbonyl (C=O) groups is 8. The predicted molar refractivity (Wildman–Crippen MR) is 585 cm³/mol. The molecule has 25 nitrogen and oxygen atoms in total. The van der Waals surface area contributed by atoms with E-state index in [1.807, 2.05) is 124 Å². The molecule has 25 heteroatoms. The van der Waals surface area contributed by atoms with Gasteiger partial charge < -0.3 is 77.7 Å². The molecule has 10 aromatic carbocycles. The van der Waals surface area contributed by atoms with Crippen molar-refractivity contribution in [3.05, 3.63) is 280 Å².